The van der Waals surface area contributed by atoms with Crippen LogP contribution < -0.4 is 0 Å². The minimum absolute atomic E-state index is 0.0563. The fourth-order valence-corrected chi connectivity index (χ4v) is 2.32. The lowest BCUT2D eigenvalue weighted by atomic mass is 10.0. The lowest BCUT2D eigenvalue weighted by molar-refractivity contribution is 0.167. The van der Waals surface area contributed by atoms with Crippen molar-refractivity contribution < 1.29 is 5.11 Å². The van der Waals surface area contributed by atoms with Gasteiger partial charge in [0.25, 0.3) is 0 Å². The average Bonchev–Trinajstić information content (AvgIpc) is 2.40. The summed E-state index contributed by atoms with van der Waals surface area (Å²) < 4.78 is 0. The van der Waals surface area contributed by atoms with Crippen molar-refractivity contribution in [3.8, 4) is 0 Å². The molecule has 2 atom stereocenters. The minimum Gasteiger partial charge on any atom is -0.388 e. The van der Waals surface area contributed by atoms with E-state index in [9.17, 15) is 5.11 Å². The van der Waals surface area contributed by atoms with E-state index in [2.05, 4.69) is 43.8 Å². The van der Waals surface area contributed by atoms with Crippen molar-refractivity contribution in [2.75, 3.05) is 0 Å². The highest BCUT2D eigenvalue weighted by Crippen LogP contribution is 2.30. The van der Waals surface area contributed by atoms with E-state index >= 15 is 0 Å². The predicted molar refractivity (Wildman–Crippen MR) is 78.9 cm³/mol. The van der Waals surface area contributed by atoms with Gasteiger partial charge in [0.15, 0.2) is 0 Å². The Morgan fingerprint density at radius 1 is 0.944 bits per heavy atom. The summed E-state index contributed by atoms with van der Waals surface area (Å²) in [5.74, 6) is 0. The first kappa shape index (κ1) is 13.2. The van der Waals surface area contributed by atoms with Gasteiger partial charge in [0.2, 0.25) is 0 Å². The van der Waals surface area contributed by atoms with Crippen LogP contribution in [-0.2, 0) is 0 Å². The zero-order valence-electron chi connectivity index (χ0n) is 10.5. The molecule has 0 aliphatic heterocycles. The maximum Gasteiger partial charge on any atom is 0.0803 e. The standard InChI is InChI=1S/C16H18OS/c1-12-7-9-14(10-8-12)16(18)11-15(17)13-5-3-2-4-6-13/h2-10,15-18H,11H2,1H3/t15-,16-/m0/s1. The van der Waals surface area contributed by atoms with Gasteiger partial charge in [-0.15, -0.1) is 0 Å². The first-order chi connectivity index (χ1) is 8.66. The van der Waals surface area contributed by atoms with Gasteiger partial charge < -0.3 is 5.11 Å². The van der Waals surface area contributed by atoms with Crippen LogP contribution in [0.4, 0.5) is 0 Å². The minimum atomic E-state index is -0.463. The van der Waals surface area contributed by atoms with E-state index in [1.54, 1.807) is 0 Å². The van der Waals surface area contributed by atoms with Crippen LogP contribution in [0.15, 0.2) is 54.6 Å². The number of aliphatic hydroxyl groups is 1. The highest BCUT2D eigenvalue weighted by Gasteiger charge is 2.14. The highest BCUT2D eigenvalue weighted by molar-refractivity contribution is 7.80. The smallest absolute Gasteiger partial charge is 0.0803 e. The first-order valence-corrected chi connectivity index (χ1v) is 6.66. The van der Waals surface area contributed by atoms with Crippen LogP contribution in [0.2, 0.25) is 0 Å². The van der Waals surface area contributed by atoms with Gasteiger partial charge in [-0.25, -0.2) is 0 Å². The molecule has 0 amide bonds. The highest BCUT2D eigenvalue weighted by atomic mass is 32.1. The van der Waals surface area contributed by atoms with Crippen molar-refractivity contribution in [2.45, 2.75) is 24.7 Å². The van der Waals surface area contributed by atoms with Gasteiger partial charge in [-0.2, -0.15) is 12.6 Å². The average molecular weight is 258 g/mol. The van der Waals surface area contributed by atoms with Crippen molar-refractivity contribution in [1.29, 1.82) is 0 Å². The Labute approximate surface area is 114 Å². The van der Waals surface area contributed by atoms with Gasteiger partial charge in [-0.1, -0.05) is 60.2 Å². The van der Waals surface area contributed by atoms with Crippen molar-refractivity contribution in [3.63, 3.8) is 0 Å². The Hall–Kier alpha value is -1.25. The molecule has 94 valence electrons. The topological polar surface area (TPSA) is 20.2 Å². The summed E-state index contributed by atoms with van der Waals surface area (Å²) in [6.07, 6.45) is 0.158. The molecule has 1 N–H and O–H groups in total. The SMILES string of the molecule is Cc1ccc([C@@H](S)C[C@H](O)c2ccccc2)cc1. The van der Waals surface area contributed by atoms with Gasteiger partial charge >= 0.3 is 0 Å². The van der Waals surface area contributed by atoms with Crippen LogP contribution in [0.1, 0.15) is 34.5 Å². The zero-order valence-corrected chi connectivity index (χ0v) is 11.3. The second-order valence-corrected chi connectivity index (χ2v) is 5.21. The predicted octanol–water partition coefficient (Wildman–Crippen LogP) is 4.09. The first-order valence-electron chi connectivity index (χ1n) is 6.14. The molecule has 0 aliphatic rings. The fraction of sp³-hybridized carbons (Fsp3) is 0.250. The largest absolute Gasteiger partial charge is 0.388 e. The molecule has 2 rings (SSSR count). The summed E-state index contributed by atoms with van der Waals surface area (Å²) in [6, 6.07) is 18.0. The molecule has 0 saturated carbocycles. The maximum atomic E-state index is 10.2. The van der Waals surface area contributed by atoms with E-state index in [-0.39, 0.29) is 5.25 Å². The lowest BCUT2D eigenvalue weighted by Crippen LogP contribution is -2.02. The zero-order chi connectivity index (χ0) is 13.0. The normalized spacial score (nSPS) is 14.2. The maximum absolute atomic E-state index is 10.2. The molecule has 0 unspecified atom stereocenters. The Bertz CT molecular complexity index is 478. The number of rotatable bonds is 4. The number of thiol groups is 1. The molecule has 18 heavy (non-hydrogen) atoms. The van der Waals surface area contributed by atoms with E-state index in [1.807, 2.05) is 30.3 Å². The van der Waals surface area contributed by atoms with Crippen molar-refractivity contribution in [1.82, 2.24) is 0 Å². The van der Waals surface area contributed by atoms with Gasteiger partial charge in [0, 0.05) is 5.25 Å². The lowest BCUT2D eigenvalue weighted by Gasteiger charge is -2.16. The molecule has 0 radical (unpaired) electrons. The van der Waals surface area contributed by atoms with Gasteiger partial charge in [0.1, 0.15) is 0 Å². The summed E-state index contributed by atoms with van der Waals surface area (Å²) in [4.78, 5) is 0. The van der Waals surface area contributed by atoms with Crippen molar-refractivity contribution >= 4 is 12.6 Å². The molecule has 0 aromatic heterocycles. The monoisotopic (exact) mass is 258 g/mol. The number of hydrogen-bond acceptors (Lipinski definition) is 2. The van der Waals surface area contributed by atoms with Crippen LogP contribution in [-0.4, -0.2) is 5.11 Å². The Morgan fingerprint density at radius 3 is 2.17 bits per heavy atom. The quantitative estimate of drug-likeness (QED) is 0.791. The van der Waals surface area contributed by atoms with Crippen LogP contribution >= 0.6 is 12.6 Å². The Balaban J connectivity index is 2.03. The third kappa shape index (κ3) is 3.37. The van der Waals surface area contributed by atoms with Crippen LogP contribution in [0, 0.1) is 6.92 Å². The van der Waals surface area contributed by atoms with Gasteiger partial charge in [-0.05, 0) is 24.5 Å². The molecule has 0 heterocycles. The second-order valence-electron chi connectivity index (χ2n) is 4.59. The Morgan fingerprint density at radius 2 is 1.56 bits per heavy atom. The van der Waals surface area contributed by atoms with Crippen LogP contribution in [0.5, 0.6) is 0 Å². The molecule has 2 aromatic carbocycles. The summed E-state index contributed by atoms with van der Waals surface area (Å²) in [6.45, 7) is 2.07. The van der Waals surface area contributed by atoms with E-state index < -0.39 is 6.10 Å². The number of aliphatic hydroxyl groups excluding tert-OH is 1. The van der Waals surface area contributed by atoms with Crippen molar-refractivity contribution in [3.05, 3.63) is 71.3 Å². The molecule has 0 fully saturated rings. The number of hydrogen-bond donors (Lipinski definition) is 2. The van der Waals surface area contributed by atoms with Gasteiger partial charge in [0.05, 0.1) is 6.10 Å². The number of aryl methyl sites for hydroxylation is 1. The second kappa shape index (κ2) is 6.07. The fourth-order valence-electron chi connectivity index (χ4n) is 1.95. The van der Waals surface area contributed by atoms with E-state index in [0.717, 1.165) is 11.1 Å². The molecule has 2 aromatic rings. The Kier molecular flexibility index (Phi) is 4.45. The molecule has 1 nitrogen and oxygen atoms in total. The number of benzene rings is 2. The third-order valence-electron chi connectivity index (χ3n) is 3.09. The van der Waals surface area contributed by atoms with E-state index in [0.29, 0.717) is 6.42 Å². The summed E-state index contributed by atoms with van der Waals surface area (Å²) in [5.41, 5.74) is 3.34. The molecule has 0 aliphatic carbocycles. The molecular weight excluding hydrogens is 240 g/mol. The third-order valence-corrected chi connectivity index (χ3v) is 3.60. The van der Waals surface area contributed by atoms with E-state index in [4.69, 9.17) is 0 Å². The molecular formula is C16H18OS. The molecule has 2 heteroatoms. The van der Waals surface area contributed by atoms with Gasteiger partial charge in [-0.3, -0.25) is 0 Å². The molecule has 0 bridgehead atoms. The summed E-state index contributed by atoms with van der Waals surface area (Å²) in [7, 11) is 0. The molecule has 0 saturated heterocycles. The van der Waals surface area contributed by atoms with Crippen LogP contribution in [0.25, 0.3) is 0 Å². The van der Waals surface area contributed by atoms with E-state index in [1.165, 1.54) is 5.56 Å². The molecule has 0 spiro atoms. The summed E-state index contributed by atoms with van der Waals surface area (Å²) >= 11 is 4.58. The van der Waals surface area contributed by atoms with Crippen LogP contribution in [0.3, 0.4) is 0 Å². The summed E-state index contributed by atoms with van der Waals surface area (Å²) in [5, 5.41) is 10.2. The van der Waals surface area contributed by atoms with Crippen molar-refractivity contribution in [2.24, 2.45) is 0 Å².